The van der Waals surface area contributed by atoms with Crippen LogP contribution in [0.1, 0.15) is 23.0 Å². The SMILES string of the molecule is CCC(=O)Nc1ccc(Cl)c(NC(=O)c2sc3cc(Cl)ccc3c2Cl)c1. The predicted octanol–water partition coefficient (Wildman–Crippen LogP) is 6.46. The molecule has 0 aliphatic heterocycles. The van der Waals surface area contributed by atoms with E-state index in [1.54, 1.807) is 43.3 Å². The van der Waals surface area contributed by atoms with Gasteiger partial charge in [-0.1, -0.05) is 47.8 Å². The van der Waals surface area contributed by atoms with E-state index in [-0.39, 0.29) is 11.8 Å². The summed E-state index contributed by atoms with van der Waals surface area (Å²) in [6, 6.07) is 10.1. The summed E-state index contributed by atoms with van der Waals surface area (Å²) in [5, 5.41) is 7.53. The zero-order valence-electron chi connectivity index (χ0n) is 13.5. The lowest BCUT2D eigenvalue weighted by Crippen LogP contribution is -2.13. The number of nitrogens with one attached hydrogen (secondary N) is 2. The summed E-state index contributed by atoms with van der Waals surface area (Å²) in [6.45, 7) is 1.75. The summed E-state index contributed by atoms with van der Waals surface area (Å²) in [6.07, 6.45) is 0.351. The Morgan fingerprint density at radius 3 is 2.54 bits per heavy atom. The summed E-state index contributed by atoms with van der Waals surface area (Å²) >= 11 is 19.7. The van der Waals surface area contributed by atoms with Gasteiger partial charge in [0.1, 0.15) is 4.88 Å². The molecule has 0 aliphatic carbocycles. The molecule has 1 aromatic heterocycles. The molecule has 2 amide bonds. The van der Waals surface area contributed by atoms with Crippen LogP contribution in [0.2, 0.25) is 15.1 Å². The van der Waals surface area contributed by atoms with Gasteiger partial charge in [-0.15, -0.1) is 11.3 Å². The first-order chi connectivity index (χ1) is 12.4. The van der Waals surface area contributed by atoms with Crippen LogP contribution in [-0.2, 0) is 4.79 Å². The van der Waals surface area contributed by atoms with E-state index in [1.807, 2.05) is 0 Å². The van der Waals surface area contributed by atoms with Crippen molar-refractivity contribution >= 4 is 79.4 Å². The molecule has 0 saturated carbocycles. The van der Waals surface area contributed by atoms with Gasteiger partial charge >= 0.3 is 0 Å². The molecule has 0 aliphatic rings. The Morgan fingerprint density at radius 1 is 1.04 bits per heavy atom. The predicted molar refractivity (Wildman–Crippen MR) is 110 cm³/mol. The van der Waals surface area contributed by atoms with E-state index in [9.17, 15) is 9.59 Å². The van der Waals surface area contributed by atoms with Crippen molar-refractivity contribution in [3.05, 3.63) is 56.3 Å². The van der Waals surface area contributed by atoms with Gasteiger partial charge in [-0.05, 0) is 30.3 Å². The van der Waals surface area contributed by atoms with Crippen molar-refractivity contribution in [1.82, 2.24) is 0 Å². The number of carbonyl (C=O) groups excluding carboxylic acids is 2. The average molecular weight is 428 g/mol. The third-order valence-corrected chi connectivity index (χ3v) is 5.84. The molecule has 0 saturated heterocycles. The topological polar surface area (TPSA) is 58.2 Å². The van der Waals surface area contributed by atoms with Gasteiger partial charge in [-0.3, -0.25) is 9.59 Å². The molecule has 134 valence electrons. The highest BCUT2D eigenvalue weighted by Gasteiger charge is 2.18. The Bertz CT molecular complexity index is 1020. The maximum atomic E-state index is 12.7. The molecule has 2 N–H and O–H groups in total. The fraction of sp³-hybridized carbons (Fsp3) is 0.111. The van der Waals surface area contributed by atoms with E-state index in [0.29, 0.717) is 37.7 Å². The summed E-state index contributed by atoms with van der Waals surface area (Å²) in [4.78, 5) is 24.6. The Morgan fingerprint density at radius 2 is 1.81 bits per heavy atom. The van der Waals surface area contributed by atoms with Gasteiger partial charge in [0.2, 0.25) is 5.91 Å². The second kappa shape index (κ2) is 7.84. The molecule has 0 unspecified atom stereocenters. The fourth-order valence-electron chi connectivity index (χ4n) is 2.31. The molecule has 3 aromatic rings. The van der Waals surface area contributed by atoms with Crippen LogP contribution in [0.15, 0.2) is 36.4 Å². The Labute approximate surface area is 169 Å². The normalized spacial score (nSPS) is 10.8. The number of thiophene rings is 1. The van der Waals surface area contributed by atoms with Crippen LogP contribution in [0.4, 0.5) is 11.4 Å². The lowest BCUT2D eigenvalue weighted by atomic mass is 10.2. The Balaban J connectivity index is 1.89. The molecular formula is C18H13Cl3N2O2S. The van der Waals surface area contributed by atoms with Crippen molar-refractivity contribution < 1.29 is 9.59 Å². The first kappa shape index (κ1) is 19.0. The van der Waals surface area contributed by atoms with Crippen LogP contribution in [-0.4, -0.2) is 11.8 Å². The standard InChI is InChI=1S/C18H13Cl3N2O2S/c1-2-15(24)22-10-4-6-12(20)13(8-10)23-18(25)17-16(21)11-5-3-9(19)7-14(11)26-17/h3-8H,2H2,1H3,(H,22,24)(H,23,25). The van der Waals surface area contributed by atoms with Crippen LogP contribution >= 0.6 is 46.1 Å². The average Bonchev–Trinajstić information content (AvgIpc) is 2.93. The Kier molecular flexibility index (Phi) is 5.73. The highest BCUT2D eigenvalue weighted by atomic mass is 35.5. The number of carbonyl (C=O) groups is 2. The van der Waals surface area contributed by atoms with Gasteiger partial charge in [0, 0.05) is 27.2 Å². The first-order valence-electron chi connectivity index (χ1n) is 7.67. The summed E-state index contributed by atoms with van der Waals surface area (Å²) < 4.78 is 0.822. The van der Waals surface area contributed by atoms with E-state index < -0.39 is 0 Å². The van der Waals surface area contributed by atoms with Gasteiger partial charge < -0.3 is 10.6 Å². The van der Waals surface area contributed by atoms with Gasteiger partial charge in [-0.2, -0.15) is 0 Å². The van der Waals surface area contributed by atoms with E-state index in [4.69, 9.17) is 34.8 Å². The van der Waals surface area contributed by atoms with E-state index >= 15 is 0 Å². The van der Waals surface area contributed by atoms with Crippen molar-refractivity contribution in [1.29, 1.82) is 0 Å². The van der Waals surface area contributed by atoms with Crippen molar-refractivity contribution in [2.45, 2.75) is 13.3 Å². The largest absolute Gasteiger partial charge is 0.326 e. The van der Waals surface area contributed by atoms with Crippen LogP contribution in [0.3, 0.4) is 0 Å². The van der Waals surface area contributed by atoms with Crippen LogP contribution in [0, 0.1) is 0 Å². The highest BCUT2D eigenvalue weighted by Crippen LogP contribution is 2.37. The lowest BCUT2D eigenvalue weighted by Gasteiger charge is -2.10. The second-order valence-corrected chi connectivity index (χ2v) is 7.71. The molecule has 4 nitrogen and oxygen atoms in total. The monoisotopic (exact) mass is 426 g/mol. The van der Waals surface area contributed by atoms with Crippen molar-refractivity contribution in [2.24, 2.45) is 0 Å². The zero-order chi connectivity index (χ0) is 18.8. The minimum absolute atomic E-state index is 0.131. The fourth-order valence-corrected chi connectivity index (χ4v) is 4.17. The molecule has 1 heterocycles. The quantitative estimate of drug-likeness (QED) is 0.502. The number of amides is 2. The molecule has 2 aromatic carbocycles. The third kappa shape index (κ3) is 3.96. The van der Waals surface area contributed by atoms with E-state index in [2.05, 4.69) is 10.6 Å². The second-order valence-electron chi connectivity index (χ2n) is 5.44. The molecular weight excluding hydrogens is 415 g/mol. The number of anilines is 2. The van der Waals surface area contributed by atoms with Crippen molar-refractivity contribution in [3.63, 3.8) is 0 Å². The molecule has 0 radical (unpaired) electrons. The van der Waals surface area contributed by atoms with Gasteiger partial charge in [0.25, 0.3) is 5.91 Å². The van der Waals surface area contributed by atoms with Gasteiger partial charge in [0.05, 0.1) is 15.7 Å². The zero-order valence-corrected chi connectivity index (χ0v) is 16.6. The number of hydrogen-bond donors (Lipinski definition) is 2. The van der Waals surface area contributed by atoms with Crippen molar-refractivity contribution in [2.75, 3.05) is 10.6 Å². The first-order valence-corrected chi connectivity index (χ1v) is 9.62. The van der Waals surface area contributed by atoms with E-state index in [1.165, 1.54) is 11.3 Å². The van der Waals surface area contributed by atoms with Crippen LogP contribution in [0.5, 0.6) is 0 Å². The van der Waals surface area contributed by atoms with Gasteiger partial charge in [0.15, 0.2) is 0 Å². The molecule has 3 rings (SSSR count). The number of benzene rings is 2. The molecule has 0 spiro atoms. The Hall–Kier alpha value is -1.79. The molecule has 26 heavy (non-hydrogen) atoms. The summed E-state index contributed by atoms with van der Waals surface area (Å²) in [5.74, 6) is -0.512. The number of halogens is 3. The number of fused-ring (bicyclic) bond motifs is 1. The molecule has 0 bridgehead atoms. The molecule has 0 atom stereocenters. The highest BCUT2D eigenvalue weighted by molar-refractivity contribution is 7.21. The third-order valence-electron chi connectivity index (χ3n) is 3.62. The van der Waals surface area contributed by atoms with Crippen LogP contribution in [0.25, 0.3) is 10.1 Å². The van der Waals surface area contributed by atoms with Gasteiger partial charge in [-0.25, -0.2) is 0 Å². The summed E-state index contributed by atoms with van der Waals surface area (Å²) in [7, 11) is 0. The smallest absolute Gasteiger partial charge is 0.267 e. The summed E-state index contributed by atoms with van der Waals surface area (Å²) in [5.41, 5.74) is 0.933. The minimum Gasteiger partial charge on any atom is -0.326 e. The minimum atomic E-state index is -0.381. The van der Waals surface area contributed by atoms with Crippen LogP contribution < -0.4 is 10.6 Å². The number of rotatable bonds is 4. The van der Waals surface area contributed by atoms with Crippen molar-refractivity contribution in [3.8, 4) is 0 Å². The molecule has 0 fully saturated rings. The number of hydrogen-bond acceptors (Lipinski definition) is 3. The lowest BCUT2D eigenvalue weighted by molar-refractivity contribution is -0.115. The maximum absolute atomic E-state index is 12.7. The van der Waals surface area contributed by atoms with E-state index in [0.717, 1.165) is 10.1 Å². The maximum Gasteiger partial charge on any atom is 0.267 e. The molecule has 8 heteroatoms.